The summed E-state index contributed by atoms with van der Waals surface area (Å²) >= 11 is 12.5. The Morgan fingerprint density at radius 3 is 2.61 bits per heavy atom. The van der Waals surface area contributed by atoms with Gasteiger partial charge in [0.25, 0.3) is 5.91 Å². The molecule has 0 saturated carbocycles. The molecule has 0 aliphatic carbocycles. The Bertz CT molecular complexity index is 1140. The van der Waals surface area contributed by atoms with Crippen LogP contribution in [0.2, 0.25) is 5.02 Å². The van der Waals surface area contributed by atoms with Crippen LogP contribution >= 0.6 is 43.5 Å². The maximum atomic E-state index is 12.3. The number of halogens is 3. The predicted octanol–water partition coefficient (Wildman–Crippen LogP) is 5.61. The monoisotopic (exact) mass is 564 g/mol. The number of ether oxygens (including phenoxy) is 2. The summed E-state index contributed by atoms with van der Waals surface area (Å²) in [6, 6.07) is 18.7. The average molecular weight is 567 g/mol. The number of nitrogens with zero attached hydrogens (tertiary/aromatic N) is 1. The lowest BCUT2D eigenvalue weighted by atomic mass is 10.2. The molecule has 1 amide bonds. The smallest absolute Gasteiger partial charge is 0.343 e. The normalized spacial score (nSPS) is 10.7. The van der Waals surface area contributed by atoms with Crippen molar-refractivity contribution in [2.24, 2.45) is 5.10 Å². The minimum atomic E-state index is -0.478. The molecule has 0 aliphatic heterocycles. The first-order chi connectivity index (χ1) is 14.9. The fourth-order valence-electron chi connectivity index (χ4n) is 2.39. The van der Waals surface area contributed by atoms with Crippen LogP contribution in [0.5, 0.6) is 11.5 Å². The Kier molecular flexibility index (Phi) is 8.22. The summed E-state index contributed by atoms with van der Waals surface area (Å²) in [7, 11) is 0. The molecule has 0 heterocycles. The molecule has 0 radical (unpaired) electrons. The molecule has 0 unspecified atom stereocenters. The van der Waals surface area contributed by atoms with E-state index in [4.69, 9.17) is 21.1 Å². The largest absolute Gasteiger partial charge is 0.483 e. The van der Waals surface area contributed by atoms with E-state index in [1.165, 1.54) is 6.21 Å². The number of amides is 1. The van der Waals surface area contributed by atoms with Crippen molar-refractivity contribution in [2.75, 3.05) is 6.61 Å². The molecule has 9 heteroatoms. The van der Waals surface area contributed by atoms with Crippen molar-refractivity contribution in [3.63, 3.8) is 0 Å². The fraction of sp³-hybridized carbons (Fsp3) is 0.0455. The van der Waals surface area contributed by atoms with E-state index in [2.05, 4.69) is 42.4 Å². The van der Waals surface area contributed by atoms with Crippen LogP contribution in [0.4, 0.5) is 0 Å². The second-order valence-corrected chi connectivity index (χ2v) is 8.34. The van der Waals surface area contributed by atoms with Crippen molar-refractivity contribution < 1.29 is 19.1 Å². The molecule has 0 atom stereocenters. The zero-order valence-electron chi connectivity index (χ0n) is 15.8. The second kappa shape index (κ2) is 11.1. The number of hydrazone groups is 1. The van der Waals surface area contributed by atoms with E-state index in [0.29, 0.717) is 32.1 Å². The van der Waals surface area contributed by atoms with Crippen LogP contribution in [0.25, 0.3) is 0 Å². The molecule has 0 saturated heterocycles. The maximum Gasteiger partial charge on any atom is 0.343 e. The zero-order chi connectivity index (χ0) is 22.2. The van der Waals surface area contributed by atoms with Gasteiger partial charge < -0.3 is 9.47 Å². The van der Waals surface area contributed by atoms with E-state index in [9.17, 15) is 9.59 Å². The summed E-state index contributed by atoms with van der Waals surface area (Å²) in [6.45, 7) is -0.220. The second-order valence-electron chi connectivity index (χ2n) is 6.13. The quantitative estimate of drug-likeness (QED) is 0.175. The number of hydrogen-bond donors (Lipinski definition) is 1. The van der Waals surface area contributed by atoms with Gasteiger partial charge in [-0.15, -0.1) is 0 Å². The first-order valence-electron chi connectivity index (χ1n) is 8.88. The summed E-state index contributed by atoms with van der Waals surface area (Å²) in [6.07, 6.45) is 1.44. The third-order valence-corrected chi connectivity index (χ3v) is 5.13. The van der Waals surface area contributed by atoms with Crippen LogP contribution in [0, 0.1) is 0 Å². The molecular weight excluding hydrogens is 552 g/mol. The van der Waals surface area contributed by atoms with Gasteiger partial charge in [-0.05, 0) is 70.0 Å². The van der Waals surface area contributed by atoms with Gasteiger partial charge in [-0.1, -0.05) is 45.7 Å². The molecule has 1 N–H and O–H groups in total. The van der Waals surface area contributed by atoms with Crippen molar-refractivity contribution in [3.8, 4) is 11.5 Å². The molecular formula is C22H15Br2ClN2O4. The van der Waals surface area contributed by atoms with E-state index in [0.717, 1.165) is 4.47 Å². The highest BCUT2D eigenvalue weighted by molar-refractivity contribution is 9.10. The number of carbonyl (C=O) groups is 2. The molecule has 3 aromatic rings. The number of benzene rings is 3. The third kappa shape index (κ3) is 7.20. The Labute approximate surface area is 200 Å². The molecule has 0 fully saturated rings. The number of hydrogen-bond acceptors (Lipinski definition) is 5. The Morgan fingerprint density at radius 2 is 1.84 bits per heavy atom. The Hall–Kier alpha value is -2.68. The van der Waals surface area contributed by atoms with E-state index in [1.54, 1.807) is 60.7 Å². The van der Waals surface area contributed by atoms with Crippen molar-refractivity contribution >= 4 is 61.6 Å². The van der Waals surface area contributed by atoms with Crippen LogP contribution in [0.3, 0.4) is 0 Å². The highest BCUT2D eigenvalue weighted by Crippen LogP contribution is 2.27. The van der Waals surface area contributed by atoms with Crippen LogP contribution < -0.4 is 14.9 Å². The van der Waals surface area contributed by atoms with Crippen molar-refractivity contribution in [1.29, 1.82) is 0 Å². The molecule has 3 aromatic carbocycles. The summed E-state index contributed by atoms with van der Waals surface area (Å²) in [5.41, 5.74) is 3.44. The van der Waals surface area contributed by atoms with Gasteiger partial charge in [-0.25, -0.2) is 10.2 Å². The number of nitrogens with one attached hydrogen (secondary N) is 1. The molecule has 0 aliphatic rings. The maximum absolute atomic E-state index is 12.3. The van der Waals surface area contributed by atoms with Gasteiger partial charge in [0.15, 0.2) is 6.61 Å². The molecule has 158 valence electrons. The first kappa shape index (κ1) is 23.0. The van der Waals surface area contributed by atoms with Crippen molar-refractivity contribution in [2.45, 2.75) is 0 Å². The van der Waals surface area contributed by atoms with Gasteiger partial charge in [0.1, 0.15) is 11.5 Å². The number of esters is 1. The zero-order valence-corrected chi connectivity index (χ0v) is 19.8. The minimum absolute atomic E-state index is 0.220. The van der Waals surface area contributed by atoms with E-state index >= 15 is 0 Å². The fourth-order valence-corrected chi connectivity index (χ4v) is 3.58. The van der Waals surface area contributed by atoms with Crippen LogP contribution in [-0.4, -0.2) is 24.7 Å². The van der Waals surface area contributed by atoms with E-state index in [-0.39, 0.29) is 6.61 Å². The van der Waals surface area contributed by atoms with Crippen LogP contribution in [-0.2, 0) is 4.79 Å². The summed E-state index contributed by atoms with van der Waals surface area (Å²) in [4.78, 5) is 24.2. The molecule has 0 bridgehead atoms. The lowest BCUT2D eigenvalue weighted by molar-refractivity contribution is -0.123. The third-order valence-electron chi connectivity index (χ3n) is 3.78. The van der Waals surface area contributed by atoms with Gasteiger partial charge >= 0.3 is 5.97 Å². The standard InChI is InChI=1S/C22H15Br2ClN2O4/c23-16-5-2-4-15(10-16)22(29)31-18-6-1-3-14(9-18)12-26-27-21(28)13-30-20-8-7-17(25)11-19(20)24/h1-12H,13H2,(H,27,28)/b26-12+. The highest BCUT2D eigenvalue weighted by atomic mass is 79.9. The first-order valence-corrected chi connectivity index (χ1v) is 10.8. The van der Waals surface area contributed by atoms with E-state index < -0.39 is 11.9 Å². The average Bonchev–Trinajstić information content (AvgIpc) is 2.73. The number of rotatable bonds is 7. The minimum Gasteiger partial charge on any atom is -0.483 e. The topological polar surface area (TPSA) is 77.0 Å². The molecule has 0 spiro atoms. The van der Waals surface area contributed by atoms with Gasteiger partial charge in [-0.2, -0.15) is 5.10 Å². The summed E-state index contributed by atoms with van der Waals surface area (Å²) in [5.74, 6) is -0.0656. The summed E-state index contributed by atoms with van der Waals surface area (Å²) in [5, 5.41) is 4.45. The van der Waals surface area contributed by atoms with Gasteiger partial charge in [0, 0.05) is 9.50 Å². The van der Waals surface area contributed by atoms with Crippen molar-refractivity contribution in [1.82, 2.24) is 5.43 Å². The van der Waals surface area contributed by atoms with Crippen LogP contribution in [0.15, 0.2) is 80.8 Å². The van der Waals surface area contributed by atoms with Gasteiger partial charge in [0.05, 0.1) is 16.3 Å². The van der Waals surface area contributed by atoms with Crippen molar-refractivity contribution in [3.05, 3.63) is 91.8 Å². The number of carbonyl (C=O) groups excluding carboxylic acids is 2. The molecule has 3 rings (SSSR count). The highest BCUT2D eigenvalue weighted by Gasteiger charge is 2.09. The lowest BCUT2D eigenvalue weighted by Gasteiger charge is -2.07. The SMILES string of the molecule is O=C(COc1ccc(Cl)cc1Br)N/N=C/c1cccc(OC(=O)c2cccc(Br)c2)c1. The Balaban J connectivity index is 1.52. The molecule has 0 aromatic heterocycles. The van der Waals surface area contributed by atoms with Gasteiger partial charge in [-0.3, -0.25) is 4.79 Å². The van der Waals surface area contributed by atoms with Crippen LogP contribution in [0.1, 0.15) is 15.9 Å². The van der Waals surface area contributed by atoms with E-state index in [1.807, 2.05) is 6.07 Å². The lowest BCUT2D eigenvalue weighted by Crippen LogP contribution is -2.24. The molecule has 6 nitrogen and oxygen atoms in total. The predicted molar refractivity (Wildman–Crippen MR) is 126 cm³/mol. The summed E-state index contributed by atoms with van der Waals surface area (Å²) < 4.78 is 12.2. The molecule has 31 heavy (non-hydrogen) atoms. The van der Waals surface area contributed by atoms with Gasteiger partial charge in [0.2, 0.25) is 0 Å². The Morgan fingerprint density at radius 1 is 1.03 bits per heavy atom.